The molecule has 0 amide bonds. The molecular formula is C38H39ClF2N13Na2O3. The molecule has 5 heterocycles. The third-order valence-electron chi connectivity index (χ3n) is 7.70. The van der Waals surface area contributed by atoms with Crippen molar-refractivity contribution in [2.24, 2.45) is 5.73 Å². The zero-order valence-electron chi connectivity index (χ0n) is 33.0. The Hall–Kier alpha value is -5.20. The van der Waals surface area contributed by atoms with Gasteiger partial charge in [-0.15, -0.1) is 12.4 Å². The van der Waals surface area contributed by atoms with Gasteiger partial charge in [0.15, 0.2) is 17.1 Å². The van der Waals surface area contributed by atoms with Crippen molar-refractivity contribution in [3.63, 3.8) is 0 Å². The number of anilines is 1. The van der Waals surface area contributed by atoms with Crippen LogP contribution in [0.2, 0.25) is 0 Å². The molecule has 0 bridgehead atoms. The average molecular weight is 845 g/mol. The smallest absolute Gasteiger partial charge is 0.662 e. The van der Waals surface area contributed by atoms with Crippen molar-refractivity contribution in [2.75, 3.05) is 5.73 Å². The van der Waals surface area contributed by atoms with E-state index in [1.807, 2.05) is 32.0 Å². The van der Waals surface area contributed by atoms with E-state index >= 15 is 0 Å². The summed E-state index contributed by atoms with van der Waals surface area (Å²) in [4.78, 5) is 28.5. The summed E-state index contributed by atoms with van der Waals surface area (Å²) >= 11 is 0. The second kappa shape index (κ2) is 26.7. The van der Waals surface area contributed by atoms with Crippen LogP contribution in [-0.2, 0) is 22.8 Å². The second-order valence-corrected chi connectivity index (χ2v) is 11.4. The number of fused-ring (bicyclic) bond motifs is 2. The summed E-state index contributed by atoms with van der Waals surface area (Å²) in [6.45, 7) is 5.79. The first-order valence-electron chi connectivity index (χ1n) is 16.3. The minimum atomic E-state index is -0.295. The SMILES string of the molecule is C/C=C(/C)C#N.Cc1cnc(-c2nn(Cc3ccccc3F)c3ncccc23)nc1N.Cl.N.N=C(N)c1nn(Cc2ccccc2F)c2ncccc12.O=CO[O-].[Na+].[Na]. The zero-order chi connectivity index (χ0) is 39.9. The number of nitriles is 1. The summed E-state index contributed by atoms with van der Waals surface area (Å²) in [6, 6.07) is 22.3. The number of hydrogen-bond donors (Lipinski definition) is 4. The fourth-order valence-electron chi connectivity index (χ4n) is 4.81. The molecule has 297 valence electrons. The summed E-state index contributed by atoms with van der Waals surface area (Å²) < 4.78 is 30.9. The van der Waals surface area contributed by atoms with E-state index in [1.54, 1.807) is 89.5 Å². The molecule has 0 saturated heterocycles. The van der Waals surface area contributed by atoms with Crippen LogP contribution in [0, 0.1) is 35.3 Å². The van der Waals surface area contributed by atoms with Crippen molar-refractivity contribution in [3.8, 4) is 17.6 Å². The van der Waals surface area contributed by atoms with Crippen molar-refractivity contribution < 1.29 is 53.3 Å². The Bertz CT molecular complexity index is 2510. The minimum absolute atomic E-state index is 0. The molecule has 21 heteroatoms. The molecule has 16 nitrogen and oxygen atoms in total. The van der Waals surface area contributed by atoms with Crippen LogP contribution in [0.5, 0.6) is 0 Å². The molecule has 0 aliphatic heterocycles. The van der Waals surface area contributed by atoms with Crippen molar-refractivity contribution in [3.05, 3.63) is 137 Å². The van der Waals surface area contributed by atoms with E-state index in [9.17, 15) is 8.78 Å². The average Bonchev–Trinajstić information content (AvgIpc) is 3.76. The molecule has 8 N–H and O–H groups in total. The Kier molecular flexibility index (Phi) is 24.4. The molecule has 5 aromatic heterocycles. The van der Waals surface area contributed by atoms with Crippen LogP contribution in [0.15, 0.2) is 103 Å². The van der Waals surface area contributed by atoms with E-state index in [4.69, 9.17) is 32.2 Å². The Morgan fingerprint density at radius 2 is 1.41 bits per heavy atom. The third-order valence-corrected chi connectivity index (χ3v) is 7.70. The standard InChI is InChI=1S/C18H15FN6.C14H12FN5.C5H7N.CH2O3.ClH.H3N.2Na/c1-11-9-22-17(23-16(11)20)15-13-6-4-8-21-18(13)25(24-15)10-12-5-2-3-7-14(12)19;15-11-6-2-1-4-9(11)8-20-14-10(5-3-7-18-14)12(19-20)13(16)17;1-3-5(2)4-6;2-1-4-3;;;;/h2-9H,10H2,1H3,(H2,20,22,23);1-7H,8H2,(H3,16,17);3H,1-2H3;1,3H;1H;1H3;;/q;;;;;;;+1/p-1/b;;5-3-;;;;;. The van der Waals surface area contributed by atoms with Gasteiger partial charge >= 0.3 is 29.6 Å². The normalized spacial score (nSPS) is 9.81. The van der Waals surface area contributed by atoms with Gasteiger partial charge < -0.3 is 27.8 Å². The number of nitrogens with zero attached hydrogens (tertiary/aromatic N) is 9. The van der Waals surface area contributed by atoms with Gasteiger partial charge in [0.1, 0.15) is 34.7 Å². The van der Waals surface area contributed by atoms with E-state index in [2.05, 4.69) is 35.0 Å². The fraction of sp³-hybridized carbons (Fsp3) is 0.132. The van der Waals surface area contributed by atoms with E-state index in [0.717, 1.165) is 16.5 Å². The van der Waals surface area contributed by atoms with Crippen LogP contribution in [0.25, 0.3) is 33.6 Å². The fourth-order valence-corrected chi connectivity index (χ4v) is 4.81. The third kappa shape index (κ3) is 14.5. The number of halogens is 3. The maximum absolute atomic E-state index is 14.0. The predicted molar refractivity (Wildman–Crippen MR) is 217 cm³/mol. The molecule has 0 fully saturated rings. The number of pyridine rings is 2. The summed E-state index contributed by atoms with van der Waals surface area (Å²) in [6.07, 6.45) is 6.75. The van der Waals surface area contributed by atoms with Gasteiger partial charge in [0, 0.05) is 70.4 Å². The van der Waals surface area contributed by atoms with Crippen molar-refractivity contribution in [1.29, 1.82) is 10.7 Å². The molecular weight excluding hydrogens is 806 g/mol. The first-order chi connectivity index (χ1) is 26.5. The van der Waals surface area contributed by atoms with Crippen molar-refractivity contribution >= 4 is 82.2 Å². The molecule has 0 spiro atoms. The van der Waals surface area contributed by atoms with Gasteiger partial charge in [-0.3, -0.25) is 10.2 Å². The summed E-state index contributed by atoms with van der Waals surface area (Å²) in [5.74, 6) is 0.130. The van der Waals surface area contributed by atoms with Gasteiger partial charge in [-0.1, -0.05) is 42.5 Å². The number of hydrogen-bond acceptors (Lipinski definition) is 13. The molecule has 7 rings (SSSR count). The Morgan fingerprint density at radius 1 is 0.915 bits per heavy atom. The number of nitrogen functional groups attached to an aromatic ring is 2. The first-order valence-corrected chi connectivity index (χ1v) is 16.3. The molecule has 0 saturated carbocycles. The molecule has 2 aromatic carbocycles. The number of nitrogens with two attached hydrogens (primary N) is 2. The second-order valence-electron chi connectivity index (χ2n) is 11.4. The minimum Gasteiger partial charge on any atom is -0.662 e. The van der Waals surface area contributed by atoms with Gasteiger partial charge in [-0.2, -0.15) is 15.5 Å². The summed E-state index contributed by atoms with van der Waals surface area (Å²) in [5, 5.41) is 34.3. The molecule has 59 heavy (non-hydrogen) atoms. The molecule has 1 radical (unpaired) electrons. The number of benzene rings is 2. The Labute approximate surface area is 388 Å². The molecule has 0 atom stereocenters. The van der Waals surface area contributed by atoms with Crippen molar-refractivity contribution in [2.45, 2.75) is 33.9 Å². The molecule has 0 unspecified atom stereocenters. The van der Waals surface area contributed by atoms with E-state index in [-0.39, 0.29) is 115 Å². The Balaban J connectivity index is 0.000000891. The quantitative estimate of drug-likeness (QED) is 0.0340. The van der Waals surface area contributed by atoms with Gasteiger partial charge in [0.05, 0.1) is 29.9 Å². The summed E-state index contributed by atoms with van der Waals surface area (Å²) in [5.41, 5.74) is 16.2. The monoisotopic (exact) mass is 844 g/mol. The van der Waals surface area contributed by atoms with Crippen LogP contribution in [0.4, 0.5) is 14.6 Å². The number of aryl methyl sites for hydroxylation is 1. The first kappa shape index (κ1) is 53.8. The number of carbonyl (C=O) groups is 1. The maximum Gasteiger partial charge on any atom is 1.00 e. The van der Waals surface area contributed by atoms with Gasteiger partial charge in [-0.25, -0.2) is 38.1 Å². The topological polar surface area (TPSA) is 271 Å². The molecule has 0 aliphatic carbocycles. The van der Waals surface area contributed by atoms with Gasteiger partial charge in [0.2, 0.25) is 0 Å². The van der Waals surface area contributed by atoms with E-state index < -0.39 is 0 Å². The van der Waals surface area contributed by atoms with Crippen LogP contribution < -0.4 is 52.4 Å². The van der Waals surface area contributed by atoms with Crippen LogP contribution >= 0.6 is 12.4 Å². The van der Waals surface area contributed by atoms with Crippen LogP contribution in [-0.4, -0.2) is 81.4 Å². The zero-order valence-corrected chi connectivity index (χ0v) is 37.8. The number of allylic oxidation sites excluding steroid dienone is 2. The number of nitrogens with one attached hydrogen (secondary N) is 1. The van der Waals surface area contributed by atoms with Crippen LogP contribution in [0.1, 0.15) is 36.2 Å². The van der Waals surface area contributed by atoms with Crippen LogP contribution in [0.3, 0.4) is 0 Å². The van der Waals surface area contributed by atoms with E-state index in [1.165, 1.54) is 12.1 Å². The van der Waals surface area contributed by atoms with Gasteiger partial charge in [-0.05, 0) is 57.2 Å². The molecule has 0 aliphatic rings. The number of amidine groups is 1. The Morgan fingerprint density at radius 3 is 1.85 bits per heavy atom. The van der Waals surface area contributed by atoms with E-state index in [0.29, 0.717) is 50.8 Å². The number of rotatable bonds is 7. The molecule has 7 aromatic rings. The summed E-state index contributed by atoms with van der Waals surface area (Å²) in [7, 11) is 0. The predicted octanol–water partition coefficient (Wildman–Crippen LogP) is 1.99. The largest absolute Gasteiger partial charge is 1.00 e. The number of carbonyl (C=O) groups excluding carboxylic acids is 1. The number of aromatic nitrogens is 8. The van der Waals surface area contributed by atoms with Gasteiger partial charge in [0.25, 0.3) is 6.47 Å². The van der Waals surface area contributed by atoms with Crippen molar-refractivity contribution in [1.82, 2.24) is 45.6 Å². The maximum atomic E-state index is 14.0.